The predicted molar refractivity (Wildman–Crippen MR) is 102 cm³/mol. The number of carbonyl (C=O) groups excluding carboxylic acids is 1. The Hall–Kier alpha value is -3.62. The third kappa shape index (κ3) is 4.86. The zero-order chi connectivity index (χ0) is 22.1. The minimum atomic E-state index is -4.68. The van der Waals surface area contributed by atoms with Crippen LogP contribution in [0.25, 0.3) is 0 Å². The Morgan fingerprint density at radius 1 is 1.00 bits per heavy atom. The Kier molecular flexibility index (Phi) is 5.64. The fourth-order valence-electron chi connectivity index (χ4n) is 2.77. The summed E-state index contributed by atoms with van der Waals surface area (Å²) in [4.78, 5) is 26.8. The summed E-state index contributed by atoms with van der Waals surface area (Å²) in [5.41, 5.74) is -0.952. The molecule has 0 fully saturated rings. The number of anilines is 1. The van der Waals surface area contributed by atoms with Crippen molar-refractivity contribution >= 4 is 11.6 Å². The molecule has 0 saturated carbocycles. The van der Waals surface area contributed by atoms with Crippen LogP contribution in [0.1, 0.15) is 27.2 Å². The van der Waals surface area contributed by atoms with Crippen LogP contribution in [-0.2, 0) is 6.18 Å². The third-order valence-electron chi connectivity index (χ3n) is 4.15. The molecule has 3 rings (SSSR count). The molecular formula is C21H16F4N2O3. The lowest BCUT2D eigenvalue weighted by atomic mass is 10.1. The number of aromatic nitrogens is 1. The van der Waals surface area contributed by atoms with Crippen molar-refractivity contribution in [3.05, 3.63) is 87.1 Å². The SMILES string of the molecule is Cc1cc(NC(=O)c2cc(C(F)(F)F)ccc2Oc2ccc(F)cc2C)cc(=O)[nH]1. The van der Waals surface area contributed by atoms with Crippen molar-refractivity contribution in [3.8, 4) is 11.5 Å². The standard InChI is InChI=1S/C21H16F4N2O3/c1-11-7-14(22)4-6-17(11)30-18-5-3-13(21(23,24)25)9-16(18)20(29)27-15-8-12(2)26-19(28)10-15/h3-10H,1-2H3,(H2,26,27,28,29). The van der Waals surface area contributed by atoms with E-state index in [-0.39, 0.29) is 17.2 Å². The smallest absolute Gasteiger partial charge is 0.416 e. The maximum absolute atomic E-state index is 13.3. The predicted octanol–water partition coefficient (Wildman–Crippen LogP) is 5.19. The Balaban J connectivity index is 2.02. The van der Waals surface area contributed by atoms with Crippen LogP contribution in [0.2, 0.25) is 0 Å². The van der Waals surface area contributed by atoms with Crippen LogP contribution >= 0.6 is 0 Å². The van der Waals surface area contributed by atoms with Gasteiger partial charge in [0.2, 0.25) is 5.56 Å². The average molecular weight is 420 g/mol. The highest BCUT2D eigenvalue weighted by Crippen LogP contribution is 2.35. The summed E-state index contributed by atoms with van der Waals surface area (Å²) in [6, 6.07) is 8.64. The fraction of sp³-hybridized carbons (Fsp3) is 0.143. The maximum atomic E-state index is 13.3. The largest absolute Gasteiger partial charge is 0.456 e. The Bertz CT molecular complexity index is 1170. The van der Waals surface area contributed by atoms with Gasteiger partial charge in [-0.25, -0.2) is 4.39 Å². The molecule has 1 heterocycles. The van der Waals surface area contributed by atoms with Crippen LogP contribution in [0.5, 0.6) is 11.5 Å². The van der Waals surface area contributed by atoms with E-state index in [1.165, 1.54) is 18.2 Å². The van der Waals surface area contributed by atoms with E-state index in [4.69, 9.17) is 4.74 Å². The van der Waals surface area contributed by atoms with Gasteiger partial charge in [0.05, 0.1) is 11.1 Å². The second-order valence-corrected chi connectivity index (χ2v) is 6.59. The first-order valence-corrected chi connectivity index (χ1v) is 8.70. The van der Waals surface area contributed by atoms with E-state index >= 15 is 0 Å². The number of nitrogens with one attached hydrogen (secondary N) is 2. The monoisotopic (exact) mass is 420 g/mol. The topological polar surface area (TPSA) is 71.2 Å². The highest BCUT2D eigenvalue weighted by Gasteiger charge is 2.32. The minimum absolute atomic E-state index is 0.113. The van der Waals surface area contributed by atoms with Gasteiger partial charge < -0.3 is 15.0 Å². The van der Waals surface area contributed by atoms with E-state index in [0.717, 1.165) is 24.3 Å². The van der Waals surface area contributed by atoms with Crippen molar-refractivity contribution in [2.75, 3.05) is 5.32 Å². The van der Waals surface area contributed by atoms with E-state index < -0.39 is 34.6 Å². The van der Waals surface area contributed by atoms with Crippen molar-refractivity contribution in [3.63, 3.8) is 0 Å². The van der Waals surface area contributed by atoms with Crippen molar-refractivity contribution in [1.29, 1.82) is 0 Å². The Morgan fingerprint density at radius 2 is 1.70 bits per heavy atom. The number of pyridine rings is 1. The number of rotatable bonds is 4. The summed E-state index contributed by atoms with van der Waals surface area (Å²) in [5, 5.41) is 2.40. The molecule has 0 unspecified atom stereocenters. The molecule has 1 amide bonds. The van der Waals surface area contributed by atoms with Gasteiger partial charge >= 0.3 is 6.18 Å². The molecule has 9 heteroatoms. The van der Waals surface area contributed by atoms with Crippen LogP contribution in [0.4, 0.5) is 23.2 Å². The zero-order valence-electron chi connectivity index (χ0n) is 15.9. The second kappa shape index (κ2) is 8.02. The van der Waals surface area contributed by atoms with Crippen molar-refractivity contribution in [1.82, 2.24) is 4.98 Å². The third-order valence-corrected chi connectivity index (χ3v) is 4.15. The number of benzene rings is 2. The van der Waals surface area contributed by atoms with Crippen LogP contribution in [0.15, 0.2) is 53.3 Å². The van der Waals surface area contributed by atoms with Gasteiger partial charge in [-0.15, -0.1) is 0 Å². The van der Waals surface area contributed by atoms with Gasteiger partial charge in [-0.05, 0) is 61.9 Å². The van der Waals surface area contributed by atoms with Crippen LogP contribution < -0.4 is 15.6 Å². The van der Waals surface area contributed by atoms with E-state index in [0.29, 0.717) is 17.3 Å². The van der Waals surface area contributed by atoms with Gasteiger partial charge in [0, 0.05) is 17.4 Å². The molecule has 156 valence electrons. The number of amides is 1. The molecular weight excluding hydrogens is 404 g/mol. The lowest BCUT2D eigenvalue weighted by Crippen LogP contribution is -2.17. The first-order chi connectivity index (χ1) is 14.0. The number of H-pyrrole nitrogens is 1. The molecule has 5 nitrogen and oxygen atoms in total. The molecule has 30 heavy (non-hydrogen) atoms. The molecule has 0 aliphatic carbocycles. The van der Waals surface area contributed by atoms with E-state index in [9.17, 15) is 27.2 Å². The summed E-state index contributed by atoms with van der Waals surface area (Å²) >= 11 is 0. The van der Waals surface area contributed by atoms with Crippen LogP contribution in [0.3, 0.4) is 0 Å². The molecule has 1 aromatic heterocycles. The van der Waals surface area contributed by atoms with Crippen molar-refractivity contribution < 1.29 is 27.1 Å². The quantitative estimate of drug-likeness (QED) is 0.571. The number of hydrogen-bond donors (Lipinski definition) is 2. The number of carbonyl (C=O) groups is 1. The zero-order valence-corrected chi connectivity index (χ0v) is 15.9. The van der Waals surface area contributed by atoms with Crippen molar-refractivity contribution in [2.45, 2.75) is 20.0 Å². The highest BCUT2D eigenvalue weighted by molar-refractivity contribution is 6.06. The summed E-state index contributed by atoms with van der Waals surface area (Å²) in [5.74, 6) is -1.38. The summed E-state index contributed by atoms with van der Waals surface area (Å²) in [6.07, 6.45) is -4.68. The van der Waals surface area contributed by atoms with E-state index in [2.05, 4.69) is 10.3 Å². The van der Waals surface area contributed by atoms with Gasteiger partial charge in [-0.1, -0.05) is 0 Å². The van der Waals surface area contributed by atoms with Gasteiger partial charge in [0.25, 0.3) is 5.91 Å². The van der Waals surface area contributed by atoms with E-state index in [1.807, 2.05) is 0 Å². The van der Waals surface area contributed by atoms with E-state index in [1.54, 1.807) is 13.8 Å². The number of aryl methyl sites for hydroxylation is 2. The van der Waals surface area contributed by atoms with Crippen LogP contribution in [0, 0.1) is 19.7 Å². The minimum Gasteiger partial charge on any atom is -0.456 e. The number of ether oxygens (including phenoxy) is 1. The number of aromatic amines is 1. The molecule has 0 saturated heterocycles. The first-order valence-electron chi connectivity index (χ1n) is 8.70. The maximum Gasteiger partial charge on any atom is 0.416 e. The molecule has 3 aromatic rings. The molecule has 0 atom stereocenters. The summed E-state index contributed by atoms with van der Waals surface area (Å²) in [7, 11) is 0. The van der Waals surface area contributed by atoms with Gasteiger partial charge in [0.15, 0.2) is 0 Å². The normalized spacial score (nSPS) is 11.3. The molecule has 0 spiro atoms. The number of hydrogen-bond acceptors (Lipinski definition) is 3. The summed E-state index contributed by atoms with van der Waals surface area (Å²) in [6.45, 7) is 3.15. The number of alkyl halides is 3. The molecule has 0 aliphatic heterocycles. The fourth-order valence-corrected chi connectivity index (χ4v) is 2.77. The first kappa shape index (κ1) is 21.1. The lowest BCUT2D eigenvalue weighted by molar-refractivity contribution is -0.137. The second-order valence-electron chi connectivity index (χ2n) is 6.59. The van der Waals surface area contributed by atoms with Gasteiger partial charge in [-0.3, -0.25) is 9.59 Å². The molecule has 0 bridgehead atoms. The van der Waals surface area contributed by atoms with Gasteiger partial charge in [-0.2, -0.15) is 13.2 Å². The van der Waals surface area contributed by atoms with Crippen molar-refractivity contribution in [2.24, 2.45) is 0 Å². The summed E-state index contributed by atoms with van der Waals surface area (Å²) < 4.78 is 58.4. The van der Waals surface area contributed by atoms with Gasteiger partial charge in [0.1, 0.15) is 17.3 Å². The lowest BCUT2D eigenvalue weighted by Gasteiger charge is -2.15. The highest BCUT2D eigenvalue weighted by atomic mass is 19.4. The molecule has 0 aliphatic rings. The molecule has 2 aromatic carbocycles. The molecule has 2 N–H and O–H groups in total. The number of halogens is 4. The Labute approximate surface area is 168 Å². The molecule has 0 radical (unpaired) electrons. The average Bonchev–Trinajstić information content (AvgIpc) is 2.62. The van der Waals surface area contributed by atoms with Crippen LogP contribution in [-0.4, -0.2) is 10.9 Å². The Morgan fingerprint density at radius 3 is 2.33 bits per heavy atom.